The fraction of sp³-hybridized carbons (Fsp3) is 0.143. The summed E-state index contributed by atoms with van der Waals surface area (Å²) < 4.78 is 36.7. The quantitative estimate of drug-likeness (QED) is 0.904. The highest BCUT2D eigenvalue weighted by Crippen LogP contribution is 2.39. The van der Waals surface area contributed by atoms with Gasteiger partial charge in [0.05, 0.1) is 20.6 Å². The molecule has 0 bridgehead atoms. The van der Waals surface area contributed by atoms with Crippen LogP contribution in [0.15, 0.2) is 51.1 Å². The highest BCUT2D eigenvalue weighted by molar-refractivity contribution is 7.99. The summed E-state index contributed by atoms with van der Waals surface area (Å²) in [5.41, 5.74) is 0. The van der Waals surface area contributed by atoms with Gasteiger partial charge in [0.2, 0.25) is 0 Å². The van der Waals surface area contributed by atoms with E-state index < -0.39 is 15.7 Å². The number of halogens is 2. The fourth-order valence-corrected chi connectivity index (χ4v) is 3.75. The Hall–Kier alpha value is -1.24. The second-order valence-corrected chi connectivity index (χ2v) is 7.98. The highest BCUT2D eigenvalue weighted by atomic mass is 35.5. The summed E-state index contributed by atoms with van der Waals surface area (Å²) in [5.74, 6) is -0.556. The zero-order valence-corrected chi connectivity index (χ0v) is 13.4. The standard InChI is InChI=1S/C14H12ClFO3S2/c1-2-21(18,19)10-4-6-13(11(15)8-10)20-14-7-9(16)3-5-12(14)17/h3-8,17H,2H2,1H3. The van der Waals surface area contributed by atoms with Gasteiger partial charge in [-0.3, -0.25) is 0 Å². The first-order valence-electron chi connectivity index (χ1n) is 6.02. The van der Waals surface area contributed by atoms with E-state index in [1.165, 1.54) is 24.3 Å². The van der Waals surface area contributed by atoms with E-state index in [-0.39, 0.29) is 21.4 Å². The van der Waals surface area contributed by atoms with Crippen molar-refractivity contribution in [2.75, 3.05) is 5.75 Å². The maximum Gasteiger partial charge on any atom is 0.178 e. The second-order valence-electron chi connectivity index (χ2n) is 4.21. The van der Waals surface area contributed by atoms with Crippen molar-refractivity contribution in [1.82, 2.24) is 0 Å². The smallest absolute Gasteiger partial charge is 0.178 e. The fourth-order valence-electron chi connectivity index (χ4n) is 1.61. The van der Waals surface area contributed by atoms with Crippen LogP contribution in [0.4, 0.5) is 4.39 Å². The Morgan fingerprint density at radius 3 is 2.52 bits per heavy atom. The average Bonchev–Trinajstić information content (AvgIpc) is 2.44. The molecule has 2 aromatic rings. The number of benzene rings is 2. The summed E-state index contributed by atoms with van der Waals surface area (Å²) in [7, 11) is -3.33. The lowest BCUT2D eigenvalue weighted by molar-refractivity contribution is 0.459. The Kier molecular flexibility index (Phi) is 4.81. The maximum atomic E-state index is 13.2. The molecule has 7 heteroatoms. The van der Waals surface area contributed by atoms with E-state index in [1.807, 2.05) is 0 Å². The van der Waals surface area contributed by atoms with Crippen LogP contribution in [-0.4, -0.2) is 19.3 Å². The van der Waals surface area contributed by atoms with Gasteiger partial charge < -0.3 is 5.11 Å². The van der Waals surface area contributed by atoms with Crippen molar-refractivity contribution >= 4 is 33.2 Å². The van der Waals surface area contributed by atoms with E-state index in [0.717, 1.165) is 17.8 Å². The van der Waals surface area contributed by atoms with Crippen LogP contribution in [0.25, 0.3) is 0 Å². The van der Waals surface area contributed by atoms with Gasteiger partial charge >= 0.3 is 0 Å². The molecule has 1 N–H and O–H groups in total. The van der Waals surface area contributed by atoms with Crippen LogP contribution in [0.1, 0.15) is 6.92 Å². The summed E-state index contributed by atoms with van der Waals surface area (Å²) >= 11 is 7.14. The maximum absolute atomic E-state index is 13.2. The van der Waals surface area contributed by atoms with Crippen molar-refractivity contribution in [2.24, 2.45) is 0 Å². The molecular weight excluding hydrogens is 335 g/mol. The monoisotopic (exact) mass is 346 g/mol. The van der Waals surface area contributed by atoms with Gasteiger partial charge in [-0.1, -0.05) is 30.3 Å². The van der Waals surface area contributed by atoms with Crippen molar-refractivity contribution in [3.63, 3.8) is 0 Å². The van der Waals surface area contributed by atoms with Gasteiger partial charge in [0.15, 0.2) is 9.84 Å². The van der Waals surface area contributed by atoms with Crippen molar-refractivity contribution in [3.05, 3.63) is 47.2 Å². The summed E-state index contributed by atoms with van der Waals surface area (Å²) in [6.45, 7) is 1.55. The predicted octanol–water partition coefficient (Wildman–Crippen LogP) is 4.13. The lowest BCUT2D eigenvalue weighted by Gasteiger charge is -2.08. The first-order valence-corrected chi connectivity index (χ1v) is 8.87. The van der Waals surface area contributed by atoms with Gasteiger partial charge in [-0.2, -0.15) is 0 Å². The molecule has 0 aliphatic heterocycles. The number of phenolic OH excluding ortho intramolecular Hbond substituents is 1. The third kappa shape index (κ3) is 3.70. The molecule has 3 nitrogen and oxygen atoms in total. The number of phenols is 1. The van der Waals surface area contributed by atoms with Crippen molar-refractivity contribution in [2.45, 2.75) is 21.6 Å². The minimum absolute atomic E-state index is 0.0134. The molecule has 0 saturated heterocycles. The Morgan fingerprint density at radius 1 is 1.19 bits per heavy atom. The molecule has 0 heterocycles. The minimum atomic E-state index is -3.33. The van der Waals surface area contributed by atoms with E-state index >= 15 is 0 Å². The van der Waals surface area contributed by atoms with Crippen LogP contribution in [0.2, 0.25) is 5.02 Å². The predicted molar refractivity (Wildman–Crippen MR) is 81.4 cm³/mol. The van der Waals surface area contributed by atoms with Crippen LogP contribution >= 0.6 is 23.4 Å². The van der Waals surface area contributed by atoms with Crippen LogP contribution < -0.4 is 0 Å². The molecule has 0 fully saturated rings. The zero-order chi connectivity index (χ0) is 15.6. The largest absolute Gasteiger partial charge is 0.507 e. The molecule has 0 amide bonds. The lowest BCUT2D eigenvalue weighted by atomic mass is 10.3. The molecule has 0 unspecified atom stereocenters. The van der Waals surface area contributed by atoms with E-state index in [2.05, 4.69) is 0 Å². The van der Waals surface area contributed by atoms with Gasteiger partial charge in [0.1, 0.15) is 11.6 Å². The Labute approximate surface area is 131 Å². The number of hydrogen-bond acceptors (Lipinski definition) is 4. The summed E-state index contributed by atoms with van der Waals surface area (Å²) in [4.78, 5) is 0.985. The third-order valence-electron chi connectivity index (χ3n) is 2.78. The molecule has 0 aliphatic carbocycles. The van der Waals surface area contributed by atoms with Crippen molar-refractivity contribution in [3.8, 4) is 5.75 Å². The molecule has 0 saturated carbocycles. The minimum Gasteiger partial charge on any atom is -0.507 e. The molecule has 21 heavy (non-hydrogen) atoms. The molecule has 2 aromatic carbocycles. The Morgan fingerprint density at radius 2 is 1.90 bits per heavy atom. The highest BCUT2D eigenvalue weighted by Gasteiger charge is 2.15. The molecular formula is C14H12ClFO3S2. The van der Waals surface area contributed by atoms with Gasteiger partial charge in [0, 0.05) is 4.90 Å². The van der Waals surface area contributed by atoms with Crippen LogP contribution in [-0.2, 0) is 9.84 Å². The summed E-state index contributed by atoms with van der Waals surface area (Å²) in [6, 6.07) is 7.94. The second kappa shape index (κ2) is 6.25. The zero-order valence-electron chi connectivity index (χ0n) is 11.0. The molecule has 0 atom stereocenters. The van der Waals surface area contributed by atoms with Crippen LogP contribution in [0.5, 0.6) is 5.75 Å². The first kappa shape index (κ1) is 16.1. The van der Waals surface area contributed by atoms with E-state index in [9.17, 15) is 17.9 Å². The molecule has 0 spiro atoms. The molecule has 2 rings (SSSR count). The normalized spacial score (nSPS) is 11.6. The lowest BCUT2D eigenvalue weighted by Crippen LogP contribution is -2.03. The van der Waals surface area contributed by atoms with Crippen molar-refractivity contribution < 1.29 is 17.9 Å². The Balaban J connectivity index is 2.36. The van der Waals surface area contributed by atoms with Crippen LogP contribution in [0, 0.1) is 5.82 Å². The molecule has 0 radical (unpaired) electrons. The Bertz CT molecular complexity index is 776. The molecule has 112 valence electrons. The van der Waals surface area contributed by atoms with Gasteiger partial charge in [-0.15, -0.1) is 0 Å². The van der Waals surface area contributed by atoms with E-state index in [1.54, 1.807) is 13.0 Å². The van der Waals surface area contributed by atoms with E-state index in [0.29, 0.717) is 9.79 Å². The van der Waals surface area contributed by atoms with Crippen molar-refractivity contribution in [1.29, 1.82) is 0 Å². The van der Waals surface area contributed by atoms with Gasteiger partial charge in [0.25, 0.3) is 0 Å². The summed E-state index contributed by atoms with van der Waals surface area (Å²) in [6.07, 6.45) is 0. The van der Waals surface area contributed by atoms with Gasteiger partial charge in [-0.05, 0) is 36.4 Å². The van der Waals surface area contributed by atoms with E-state index in [4.69, 9.17) is 11.6 Å². The van der Waals surface area contributed by atoms with Gasteiger partial charge in [-0.25, -0.2) is 12.8 Å². The number of rotatable bonds is 4. The number of sulfone groups is 1. The third-order valence-corrected chi connectivity index (χ3v) is 6.06. The number of hydrogen-bond donors (Lipinski definition) is 1. The summed E-state index contributed by atoms with van der Waals surface area (Å²) in [5, 5.41) is 9.92. The average molecular weight is 347 g/mol. The van der Waals surface area contributed by atoms with Crippen LogP contribution in [0.3, 0.4) is 0 Å². The SMILES string of the molecule is CCS(=O)(=O)c1ccc(Sc2cc(F)ccc2O)c(Cl)c1. The molecule has 0 aromatic heterocycles. The number of aromatic hydroxyl groups is 1. The first-order chi connectivity index (χ1) is 9.83. The topological polar surface area (TPSA) is 54.4 Å². The molecule has 0 aliphatic rings.